The van der Waals surface area contributed by atoms with E-state index in [1.165, 1.54) is 6.92 Å². The van der Waals surface area contributed by atoms with Crippen LogP contribution in [0.2, 0.25) is 0 Å². The van der Waals surface area contributed by atoms with Gasteiger partial charge in [0.15, 0.2) is 0 Å². The molecule has 0 saturated carbocycles. The van der Waals surface area contributed by atoms with Crippen LogP contribution in [-0.4, -0.2) is 18.9 Å². The molecule has 0 fully saturated rings. The highest BCUT2D eigenvalue weighted by molar-refractivity contribution is 6.05. The Kier molecular flexibility index (Phi) is 5.58. The van der Waals surface area contributed by atoms with Gasteiger partial charge in [-0.2, -0.15) is 0 Å². The fraction of sp³-hybridized carbons (Fsp3) is 0.263. The molecule has 2 aromatic carbocycles. The highest BCUT2D eigenvalue weighted by Gasteiger charge is 2.11. The van der Waals surface area contributed by atoms with Crippen LogP contribution >= 0.6 is 0 Å². The Morgan fingerprint density at radius 3 is 2.21 bits per heavy atom. The van der Waals surface area contributed by atoms with E-state index in [2.05, 4.69) is 24.5 Å². The molecule has 0 bridgehead atoms. The first-order chi connectivity index (χ1) is 11.4. The third kappa shape index (κ3) is 4.35. The molecule has 2 N–H and O–H groups in total. The number of ether oxygens (including phenoxy) is 1. The van der Waals surface area contributed by atoms with Gasteiger partial charge in [-0.3, -0.25) is 9.59 Å². The smallest absolute Gasteiger partial charge is 0.255 e. The number of carbonyl (C=O) groups excluding carboxylic acids is 2. The lowest BCUT2D eigenvalue weighted by Gasteiger charge is -2.13. The van der Waals surface area contributed by atoms with Crippen LogP contribution in [0.3, 0.4) is 0 Å². The van der Waals surface area contributed by atoms with Gasteiger partial charge < -0.3 is 15.4 Å². The summed E-state index contributed by atoms with van der Waals surface area (Å²) in [5, 5.41) is 5.52. The average molecular weight is 326 g/mol. The first-order valence-corrected chi connectivity index (χ1v) is 7.77. The topological polar surface area (TPSA) is 67.4 Å². The minimum absolute atomic E-state index is 0.151. The van der Waals surface area contributed by atoms with Crippen molar-refractivity contribution in [1.82, 2.24) is 0 Å². The molecule has 2 aromatic rings. The van der Waals surface area contributed by atoms with Crippen molar-refractivity contribution in [3.8, 4) is 5.75 Å². The number of nitrogens with one attached hydrogen (secondary N) is 2. The van der Waals surface area contributed by atoms with Gasteiger partial charge in [-0.15, -0.1) is 0 Å². The fourth-order valence-corrected chi connectivity index (χ4v) is 2.27. The number of methoxy groups -OCH3 is 1. The van der Waals surface area contributed by atoms with E-state index in [9.17, 15) is 9.59 Å². The molecule has 5 nitrogen and oxygen atoms in total. The van der Waals surface area contributed by atoms with E-state index in [0.29, 0.717) is 28.6 Å². The molecular formula is C19H22N2O3. The number of hydrogen-bond acceptors (Lipinski definition) is 3. The van der Waals surface area contributed by atoms with E-state index in [-0.39, 0.29) is 11.8 Å². The van der Waals surface area contributed by atoms with Crippen LogP contribution in [0.4, 0.5) is 11.4 Å². The van der Waals surface area contributed by atoms with Crippen molar-refractivity contribution in [1.29, 1.82) is 0 Å². The summed E-state index contributed by atoms with van der Waals surface area (Å²) < 4.78 is 5.37. The second-order valence-electron chi connectivity index (χ2n) is 5.83. The van der Waals surface area contributed by atoms with Crippen molar-refractivity contribution in [3.05, 3.63) is 53.6 Å². The second kappa shape index (κ2) is 7.64. The molecule has 0 spiro atoms. The lowest BCUT2D eigenvalue weighted by atomic mass is 10.0. The van der Waals surface area contributed by atoms with Gasteiger partial charge in [0.2, 0.25) is 5.91 Å². The maximum absolute atomic E-state index is 12.4. The van der Waals surface area contributed by atoms with Gasteiger partial charge in [-0.05, 0) is 47.9 Å². The molecule has 0 heterocycles. The zero-order chi connectivity index (χ0) is 17.7. The maximum atomic E-state index is 12.4. The molecular weight excluding hydrogens is 304 g/mol. The third-order valence-electron chi connectivity index (χ3n) is 3.61. The summed E-state index contributed by atoms with van der Waals surface area (Å²) >= 11 is 0. The first kappa shape index (κ1) is 17.5. The summed E-state index contributed by atoms with van der Waals surface area (Å²) in [6.45, 7) is 5.64. The SMILES string of the molecule is COc1cc(C(C)C)ccc1NC(=O)c1ccc(NC(C)=O)cc1. The number of anilines is 2. The van der Waals surface area contributed by atoms with Crippen LogP contribution in [0, 0.1) is 0 Å². The zero-order valence-electron chi connectivity index (χ0n) is 14.3. The normalized spacial score (nSPS) is 10.4. The average Bonchev–Trinajstić information content (AvgIpc) is 2.55. The summed E-state index contributed by atoms with van der Waals surface area (Å²) in [5.41, 5.74) is 2.92. The number of carbonyl (C=O) groups is 2. The Labute approximate surface area is 142 Å². The lowest BCUT2D eigenvalue weighted by Crippen LogP contribution is -2.13. The Hall–Kier alpha value is -2.82. The fourth-order valence-electron chi connectivity index (χ4n) is 2.27. The maximum Gasteiger partial charge on any atom is 0.255 e. The van der Waals surface area contributed by atoms with E-state index >= 15 is 0 Å². The minimum Gasteiger partial charge on any atom is -0.495 e. The molecule has 0 aliphatic rings. The van der Waals surface area contributed by atoms with Crippen molar-refractivity contribution >= 4 is 23.2 Å². The minimum atomic E-state index is -0.236. The lowest BCUT2D eigenvalue weighted by molar-refractivity contribution is -0.114. The molecule has 0 atom stereocenters. The molecule has 2 amide bonds. The molecule has 0 aliphatic heterocycles. The Balaban J connectivity index is 2.15. The Morgan fingerprint density at radius 1 is 1.00 bits per heavy atom. The third-order valence-corrected chi connectivity index (χ3v) is 3.61. The summed E-state index contributed by atoms with van der Waals surface area (Å²) in [6, 6.07) is 12.5. The van der Waals surface area contributed by atoms with Gasteiger partial charge >= 0.3 is 0 Å². The number of benzene rings is 2. The summed E-state index contributed by atoms with van der Waals surface area (Å²) in [5.74, 6) is 0.622. The van der Waals surface area contributed by atoms with E-state index in [1.807, 2.05) is 18.2 Å². The summed E-state index contributed by atoms with van der Waals surface area (Å²) in [4.78, 5) is 23.4. The summed E-state index contributed by atoms with van der Waals surface area (Å²) in [6.07, 6.45) is 0. The first-order valence-electron chi connectivity index (χ1n) is 7.77. The van der Waals surface area contributed by atoms with Crippen LogP contribution in [0.1, 0.15) is 42.6 Å². The Morgan fingerprint density at radius 2 is 1.67 bits per heavy atom. The number of rotatable bonds is 5. The highest BCUT2D eigenvalue weighted by Crippen LogP contribution is 2.29. The van der Waals surface area contributed by atoms with E-state index < -0.39 is 0 Å². The van der Waals surface area contributed by atoms with Gasteiger partial charge in [-0.25, -0.2) is 0 Å². The molecule has 0 aromatic heterocycles. The van der Waals surface area contributed by atoms with Crippen LogP contribution in [-0.2, 0) is 4.79 Å². The van der Waals surface area contributed by atoms with Gasteiger partial charge in [0.05, 0.1) is 12.8 Å². The predicted molar refractivity (Wildman–Crippen MR) is 95.8 cm³/mol. The van der Waals surface area contributed by atoms with Gasteiger partial charge in [0.25, 0.3) is 5.91 Å². The quantitative estimate of drug-likeness (QED) is 0.871. The molecule has 5 heteroatoms. The molecule has 2 rings (SSSR count). The zero-order valence-corrected chi connectivity index (χ0v) is 14.3. The van der Waals surface area contributed by atoms with Crippen LogP contribution in [0.5, 0.6) is 5.75 Å². The molecule has 126 valence electrons. The predicted octanol–water partition coefficient (Wildman–Crippen LogP) is 4.03. The summed E-state index contributed by atoms with van der Waals surface area (Å²) in [7, 11) is 1.58. The monoisotopic (exact) mass is 326 g/mol. The van der Waals surface area contributed by atoms with Crippen LogP contribution < -0.4 is 15.4 Å². The molecule has 0 aliphatic carbocycles. The van der Waals surface area contributed by atoms with Crippen LogP contribution in [0.25, 0.3) is 0 Å². The van der Waals surface area contributed by atoms with Crippen molar-refractivity contribution in [2.75, 3.05) is 17.7 Å². The van der Waals surface area contributed by atoms with E-state index in [0.717, 1.165) is 5.56 Å². The van der Waals surface area contributed by atoms with E-state index in [4.69, 9.17) is 4.74 Å². The van der Waals surface area contributed by atoms with Crippen molar-refractivity contribution in [3.63, 3.8) is 0 Å². The molecule has 0 saturated heterocycles. The highest BCUT2D eigenvalue weighted by atomic mass is 16.5. The Bertz CT molecular complexity index is 737. The van der Waals surface area contributed by atoms with Crippen LogP contribution in [0.15, 0.2) is 42.5 Å². The largest absolute Gasteiger partial charge is 0.495 e. The van der Waals surface area contributed by atoms with E-state index in [1.54, 1.807) is 31.4 Å². The number of amides is 2. The molecule has 0 radical (unpaired) electrons. The standard InChI is InChI=1S/C19H22N2O3/c1-12(2)15-7-10-17(18(11-15)24-4)21-19(23)14-5-8-16(9-6-14)20-13(3)22/h5-12H,1-4H3,(H,20,22)(H,21,23). The van der Waals surface area contributed by atoms with Gasteiger partial charge in [-0.1, -0.05) is 19.9 Å². The van der Waals surface area contributed by atoms with Gasteiger partial charge in [0, 0.05) is 18.2 Å². The number of hydrogen-bond donors (Lipinski definition) is 2. The van der Waals surface area contributed by atoms with Crippen molar-refractivity contribution < 1.29 is 14.3 Å². The molecule has 24 heavy (non-hydrogen) atoms. The van der Waals surface area contributed by atoms with Crippen molar-refractivity contribution in [2.45, 2.75) is 26.7 Å². The van der Waals surface area contributed by atoms with Gasteiger partial charge in [0.1, 0.15) is 5.75 Å². The molecule has 0 unspecified atom stereocenters. The van der Waals surface area contributed by atoms with Crippen molar-refractivity contribution in [2.24, 2.45) is 0 Å². The second-order valence-corrected chi connectivity index (χ2v) is 5.83.